The van der Waals surface area contributed by atoms with E-state index in [1.165, 1.54) is 12.4 Å². The molecule has 1 heterocycles. The van der Waals surface area contributed by atoms with Crippen LogP contribution in [0.25, 0.3) is 0 Å². The van der Waals surface area contributed by atoms with E-state index in [-0.39, 0.29) is 5.82 Å². The first kappa shape index (κ1) is 16.0. The number of nitrogens with one attached hydrogen (secondary N) is 2. The van der Waals surface area contributed by atoms with Gasteiger partial charge in [0, 0.05) is 11.8 Å². The summed E-state index contributed by atoms with van der Waals surface area (Å²) < 4.78 is 18.8. The summed E-state index contributed by atoms with van der Waals surface area (Å²) in [6.45, 7) is 0. The molecule has 3 aromatic rings. The number of methoxy groups -OCH3 is 1. The molecule has 24 heavy (non-hydrogen) atoms. The topological polar surface area (TPSA) is 59.1 Å². The highest BCUT2D eigenvalue weighted by Gasteiger charge is 2.05. The first-order valence-electron chi connectivity index (χ1n) is 7.10. The second kappa shape index (κ2) is 7.14. The van der Waals surface area contributed by atoms with Crippen LogP contribution in [0.3, 0.4) is 0 Å². The number of para-hydroxylation sites is 1. The third-order valence-electron chi connectivity index (χ3n) is 3.23. The lowest BCUT2D eigenvalue weighted by molar-refractivity contribution is 0.415. The van der Waals surface area contributed by atoms with Gasteiger partial charge in [-0.25, -0.2) is 14.4 Å². The highest BCUT2D eigenvalue weighted by atomic mass is 35.5. The maximum atomic E-state index is 13.7. The zero-order valence-electron chi connectivity index (χ0n) is 12.8. The Morgan fingerprint density at radius 2 is 1.75 bits per heavy atom. The predicted octanol–water partition coefficient (Wildman–Crippen LogP) is 4.76. The Morgan fingerprint density at radius 3 is 2.46 bits per heavy atom. The molecule has 7 heteroatoms. The molecular formula is C17H14ClFN4O. The number of ether oxygens (including phenoxy) is 1. The third kappa shape index (κ3) is 3.72. The standard InChI is InChI=1S/C17H14ClFN4O/c1-24-15-7-6-11(8-12(15)18)22-16-9-17(21-10-20-16)23-14-5-3-2-4-13(14)19/h2-10H,1H3,(H2,20,21,22,23). The van der Waals surface area contributed by atoms with Crippen molar-refractivity contribution in [1.29, 1.82) is 0 Å². The lowest BCUT2D eigenvalue weighted by atomic mass is 10.3. The Balaban J connectivity index is 1.78. The van der Waals surface area contributed by atoms with E-state index in [4.69, 9.17) is 16.3 Å². The number of hydrogen-bond acceptors (Lipinski definition) is 5. The molecular weight excluding hydrogens is 331 g/mol. The highest BCUT2D eigenvalue weighted by Crippen LogP contribution is 2.29. The van der Waals surface area contributed by atoms with Gasteiger partial charge in [0.25, 0.3) is 0 Å². The zero-order chi connectivity index (χ0) is 16.9. The van der Waals surface area contributed by atoms with Crippen LogP contribution in [-0.2, 0) is 0 Å². The van der Waals surface area contributed by atoms with Crippen molar-refractivity contribution in [2.24, 2.45) is 0 Å². The van der Waals surface area contributed by atoms with Crippen LogP contribution in [-0.4, -0.2) is 17.1 Å². The zero-order valence-corrected chi connectivity index (χ0v) is 13.5. The Kier molecular flexibility index (Phi) is 4.77. The molecule has 0 aliphatic rings. The molecule has 0 aliphatic heterocycles. The van der Waals surface area contributed by atoms with Crippen molar-refractivity contribution in [2.75, 3.05) is 17.7 Å². The molecule has 0 fully saturated rings. The van der Waals surface area contributed by atoms with Crippen LogP contribution in [0.4, 0.5) is 27.4 Å². The minimum Gasteiger partial charge on any atom is -0.495 e. The molecule has 5 nitrogen and oxygen atoms in total. The van der Waals surface area contributed by atoms with Crippen LogP contribution in [0.5, 0.6) is 5.75 Å². The fourth-order valence-electron chi connectivity index (χ4n) is 2.09. The van der Waals surface area contributed by atoms with Crippen molar-refractivity contribution in [3.05, 3.63) is 65.7 Å². The van der Waals surface area contributed by atoms with Crippen LogP contribution in [0.15, 0.2) is 54.9 Å². The Morgan fingerprint density at radius 1 is 1.00 bits per heavy atom. The first-order valence-corrected chi connectivity index (χ1v) is 7.47. The van der Waals surface area contributed by atoms with Gasteiger partial charge in [-0.3, -0.25) is 0 Å². The Hall–Kier alpha value is -2.86. The molecule has 3 rings (SSSR count). The van der Waals surface area contributed by atoms with Gasteiger partial charge in [-0.2, -0.15) is 0 Å². The van der Waals surface area contributed by atoms with Crippen LogP contribution < -0.4 is 15.4 Å². The molecule has 122 valence electrons. The van der Waals surface area contributed by atoms with Crippen molar-refractivity contribution in [3.63, 3.8) is 0 Å². The fraction of sp³-hybridized carbons (Fsp3) is 0.0588. The van der Waals surface area contributed by atoms with Crippen LogP contribution in [0.2, 0.25) is 5.02 Å². The van der Waals surface area contributed by atoms with Crippen molar-refractivity contribution < 1.29 is 9.13 Å². The number of aromatic nitrogens is 2. The van der Waals surface area contributed by atoms with E-state index in [1.807, 2.05) is 6.07 Å². The Labute approximate surface area is 143 Å². The summed E-state index contributed by atoms with van der Waals surface area (Å²) in [6, 6.07) is 13.3. The minimum absolute atomic E-state index is 0.342. The number of anilines is 4. The summed E-state index contributed by atoms with van der Waals surface area (Å²) in [5, 5.41) is 6.52. The van der Waals surface area contributed by atoms with Gasteiger partial charge in [0.2, 0.25) is 0 Å². The summed E-state index contributed by atoms with van der Waals surface area (Å²) >= 11 is 6.10. The average molecular weight is 345 g/mol. The third-order valence-corrected chi connectivity index (χ3v) is 3.52. The molecule has 0 bridgehead atoms. The molecule has 2 aromatic carbocycles. The van der Waals surface area contributed by atoms with Crippen molar-refractivity contribution in [1.82, 2.24) is 9.97 Å². The lowest BCUT2D eigenvalue weighted by Crippen LogP contribution is -1.99. The molecule has 0 amide bonds. The molecule has 1 aromatic heterocycles. The molecule has 2 N–H and O–H groups in total. The van der Waals surface area contributed by atoms with Crippen molar-refractivity contribution in [2.45, 2.75) is 0 Å². The van der Waals surface area contributed by atoms with Crippen molar-refractivity contribution in [3.8, 4) is 5.75 Å². The normalized spacial score (nSPS) is 10.3. The van der Waals surface area contributed by atoms with Gasteiger partial charge in [0.15, 0.2) is 0 Å². The number of halogens is 2. The average Bonchev–Trinajstić information content (AvgIpc) is 2.58. The van der Waals surface area contributed by atoms with Gasteiger partial charge in [0.1, 0.15) is 29.5 Å². The fourth-order valence-corrected chi connectivity index (χ4v) is 2.34. The monoisotopic (exact) mass is 344 g/mol. The largest absolute Gasteiger partial charge is 0.495 e. The molecule has 0 spiro atoms. The van der Waals surface area contributed by atoms with E-state index in [0.717, 1.165) is 5.69 Å². The number of benzene rings is 2. The molecule has 0 atom stereocenters. The Bertz CT molecular complexity index is 859. The quantitative estimate of drug-likeness (QED) is 0.698. The molecule has 0 radical (unpaired) electrons. The van der Waals surface area contributed by atoms with Crippen LogP contribution in [0.1, 0.15) is 0 Å². The van der Waals surface area contributed by atoms with Crippen molar-refractivity contribution >= 4 is 34.6 Å². The second-order valence-electron chi connectivity index (χ2n) is 4.87. The van der Waals surface area contributed by atoms with Gasteiger partial charge in [-0.05, 0) is 30.3 Å². The van der Waals surface area contributed by atoms with Crippen LogP contribution in [0, 0.1) is 5.82 Å². The number of hydrogen-bond donors (Lipinski definition) is 2. The van der Waals surface area contributed by atoms with Gasteiger partial charge in [0.05, 0.1) is 17.8 Å². The van der Waals surface area contributed by atoms with E-state index < -0.39 is 0 Å². The highest BCUT2D eigenvalue weighted by molar-refractivity contribution is 6.32. The first-order chi connectivity index (χ1) is 11.7. The summed E-state index contributed by atoms with van der Waals surface area (Å²) in [6.07, 6.45) is 1.39. The summed E-state index contributed by atoms with van der Waals surface area (Å²) in [5.41, 5.74) is 1.09. The van der Waals surface area contributed by atoms with Gasteiger partial charge in [-0.15, -0.1) is 0 Å². The van der Waals surface area contributed by atoms with E-state index in [2.05, 4.69) is 20.6 Å². The molecule has 0 saturated heterocycles. The molecule has 0 saturated carbocycles. The van der Waals surface area contributed by atoms with Crippen LogP contribution >= 0.6 is 11.6 Å². The van der Waals surface area contributed by atoms with E-state index in [0.29, 0.717) is 28.1 Å². The smallest absolute Gasteiger partial charge is 0.146 e. The minimum atomic E-state index is -0.354. The maximum absolute atomic E-state index is 13.7. The van der Waals surface area contributed by atoms with E-state index >= 15 is 0 Å². The summed E-state index contributed by atoms with van der Waals surface area (Å²) in [5.74, 6) is 1.25. The summed E-state index contributed by atoms with van der Waals surface area (Å²) in [7, 11) is 1.55. The molecule has 0 aliphatic carbocycles. The van der Waals surface area contributed by atoms with Gasteiger partial charge in [-0.1, -0.05) is 23.7 Å². The SMILES string of the molecule is COc1ccc(Nc2cc(Nc3ccccc3F)ncn2)cc1Cl. The summed E-state index contributed by atoms with van der Waals surface area (Å²) in [4.78, 5) is 8.23. The predicted molar refractivity (Wildman–Crippen MR) is 93.0 cm³/mol. The van der Waals surface area contributed by atoms with E-state index in [9.17, 15) is 4.39 Å². The molecule has 0 unspecified atom stereocenters. The second-order valence-corrected chi connectivity index (χ2v) is 5.27. The maximum Gasteiger partial charge on any atom is 0.146 e. The lowest BCUT2D eigenvalue weighted by Gasteiger charge is -2.10. The number of nitrogens with zero attached hydrogens (tertiary/aromatic N) is 2. The van der Waals surface area contributed by atoms with Gasteiger partial charge < -0.3 is 15.4 Å². The van der Waals surface area contributed by atoms with Gasteiger partial charge >= 0.3 is 0 Å². The number of rotatable bonds is 5. The van der Waals surface area contributed by atoms with E-state index in [1.54, 1.807) is 43.5 Å².